The fourth-order valence-electron chi connectivity index (χ4n) is 2.37. The van der Waals surface area contributed by atoms with Crippen LogP contribution in [0, 0.1) is 11.6 Å². The number of hydrogen-bond acceptors (Lipinski definition) is 6. The topological polar surface area (TPSA) is 84.4 Å². The molecule has 0 saturated carbocycles. The number of benzene rings is 1. The number of rotatable bonds is 5. The van der Waals surface area contributed by atoms with Crippen LogP contribution in [0.5, 0.6) is 0 Å². The van der Waals surface area contributed by atoms with Crippen molar-refractivity contribution in [2.75, 3.05) is 31.2 Å². The van der Waals surface area contributed by atoms with Gasteiger partial charge in [-0.15, -0.1) is 0 Å². The van der Waals surface area contributed by atoms with E-state index < -0.39 is 26.6 Å². The van der Waals surface area contributed by atoms with Crippen LogP contribution in [0.1, 0.15) is 5.82 Å². The first-order valence-electron chi connectivity index (χ1n) is 7.54. The Hall–Kier alpha value is -2.17. The summed E-state index contributed by atoms with van der Waals surface area (Å²) in [5.41, 5.74) is 0. The smallest absolute Gasteiger partial charge is 0.241 e. The van der Waals surface area contributed by atoms with Gasteiger partial charge >= 0.3 is 0 Å². The van der Waals surface area contributed by atoms with E-state index in [0.717, 1.165) is 12.1 Å². The Kier molecular flexibility index (Phi) is 5.21. The lowest BCUT2D eigenvalue weighted by molar-refractivity contribution is 0.122. The van der Waals surface area contributed by atoms with Crippen LogP contribution in [0.2, 0.25) is 0 Å². The van der Waals surface area contributed by atoms with E-state index in [2.05, 4.69) is 14.7 Å². The van der Waals surface area contributed by atoms with Gasteiger partial charge in [0, 0.05) is 25.4 Å². The number of hydrogen-bond donors (Lipinski definition) is 1. The molecule has 0 unspecified atom stereocenters. The molecule has 0 atom stereocenters. The number of morpholine rings is 1. The molecular formula is C15H16F2N4O3S. The monoisotopic (exact) mass is 370 g/mol. The summed E-state index contributed by atoms with van der Waals surface area (Å²) in [5, 5.41) is 0. The molecule has 1 N–H and O–H groups in total. The average molecular weight is 370 g/mol. The third-order valence-corrected chi connectivity index (χ3v) is 4.97. The number of ether oxygens (including phenoxy) is 1. The fraction of sp³-hybridized carbons (Fsp3) is 0.333. The van der Waals surface area contributed by atoms with Gasteiger partial charge in [0.25, 0.3) is 0 Å². The summed E-state index contributed by atoms with van der Waals surface area (Å²) in [7, 11) is -4.08. The van der Waals surface area contributed by atoms with Gasteiger partial charge in [-0.3, -0.25) is 0 Å². The van der Waals surface area contributed by atoms with E-state index in [1.165, 1.54) is 6.20 Å². The molecule has 2 heterocycles. The zero-order chi connectivity index (χ0) is 17.9. The molecule has 2 aromatic rings. The number of nitrogens with zero attached hydrogens (tertiary/aromatic N) is 3. The van der Waals surface area contributed by atoms with E-state index in [-0.39, 0.29) is 12.4 Å². The lowest BCUT2D eigenvalue weighted by atomic mass is 10.3. The summed E-state index contributed by atoms with van der Waals surface area (Å²) in [6.45, 7) is 2.36. The van der Waals surface area contributed by atoms with Crippen molar-refractivity contribution in [3.8, 4) is 0 Å². The number of halogens is 2. The van der Waals surface area contributed by atoms with Gasteiger partial charge in [0.05, 0.1) is 24.7 Å². The van der Waals surface area contributed by atoms with Crippen molar-refractivity contribution in [1.82, 2.24) is 14.7 Å². The first-order valence-corrected chi connectivity index (χ1v) is 9.03. The summed E-state index contributed by atoms with van der Waals surface area (Å²) < 4.78 is 58.3. The van der Waals surface area contributed by atoms with Crippen LogP contribution in [0.4, 0.5) is 14.6 Å². The lowest BCUT2D eigenvalue weighted by Gasteiger charge is -2.27. The van der Waals surface area contributed by atoms with Gasteiger partial charge in [0.15, 0.2) is 0 Å². The van der Waals surface area contributed by atoms with Crippen molar-refractivity contribution < 1.29 is 21.9 Å². The number of anilines is 1. The van der Waals surface area contributed by atoms with Crippen molar-refractivity contribution >= 4 is 15.8 Å². The molecule has 0 radical (unpaired) electrons. The zero-order valence-corrected chi connectivity index (χ0v) is 14.0. The molecule has 1 fully saturated rings. The minimum absolute atomic E-state index is 0.196. The van der Waals surface area contributed by atoms with Crippen LogP contribution in [-0.2, 0) is 21.3 Å². The molecule has 134 valence electrons. The van der Waals surface area contributed by atoms with Gasteiger partial charge in [0.1, 0.15) is 23.3 Å². The third-order valence-electron chi connectivity index (χ3n) is 3.59. The maximum atomic E-state index is 13.2. The fourth-order valence-corrected chi connectivity index (χ4v) is 3.39. The third kappa shape index (κ3) is 4.47. The van der Waals surface area contributed by atoms with Gasteiger partial charge in [-0.25, -0.2) is 31.9 Å². The Labute approximate surface area is 143 Å². The van der Waals surface area contributed by atoms with Gasteiger partial charge in [-0.1, -0.05) is 0 Å². The highest BCUT2D eigenvalue weighted by Crippen LogP contribution is 2.15. The van der Waals surface area contributed by atoms with Crippen LogP contribution < -0.4 is 9.62 Å². The number of sulfonamides is 1. The zero-order valence-electron chi connectivity index (χ0n) is 13.2. The van der Waals surface area contributed by atoms with Crippen LogP contribution >= 0.6 is 0 Å². The van der Waals surface area contributed by atoms with Gasteiger partial charge in [-0.2, -0.15) is 0 Å². The standard InChI is InChI=1S/C15H16F2N4O3S/c16-11-7-12(17)9-13(8-11)25(22,23)19-10-14-18-2-1-15(20-14)21-3-5-24-6-4-21/h1-2,7-9,19H,3-6,10H2. The normalized spacial score (nSPS) is 15.4. The minimum atomic E-state index is -4.08. The van der Waals surface area contributed by atoms with Crippen molar-refractivity contribution in [1.29, 1.82) is 0 Å². The highest BCUT2D eigenvalue weighted by atomic mass is 32.2. The molecule has 7 nitrogen and oxygen atoms in total. The van der Waals surface area contributed by atoms with Crippen LogP contribution in [0.15, 0.2) is 35.4 Å². The molecule has 1 aliphatic rings. The molecule has 0 aliphatic carbocycles. The van der Waals surface area contributed by atoms with Crippen LogP contribution in [0.3, 0.4) is 0 Å². The van der Waals surface area contributed by atoms with E-state index in [1.807, 2.05) is 4.90 Å². The van der Waals surface area contributed by atoms with Gasteiger partial charge in [0.2, 0.25) is 10.0 Å². The lowest BCUT2D eigenvalue weighted by Crippen LogP contribution is -2.37. The molecule has 1 aliphatic heterocycles. The summed E-state index contributed by atoms with van der Waals surface area (Å²) in [4.78, 5) is 9.85. The molecule has 0 spiro atoms. The van der Waals surface area contributed by atoms with E-state index in [1.54, 1.807) is 6.07 Å². The SMILES string of the molecule is O=S(=O)(NCc1nccc(N2CCOCC2)n1)c1cc(F)cc(F)c1. The highest BCUT2D eigenvalue weighted by Gasteiger charge is 2.18. The maximum absolute atomic E-state index is 13.2. The van der Waals surface area contributed by atoms with E-state index >= 15 is 0 Å². The maximum Gasteiger partial charge on any atom is 0.241 e. The van der Waals surface area contributed by atoms with Crippen LogP contribution in [0.25, 0.3) is 0 Å². The molecule has 1 aromatic carbocycles. The Balaban J connectivity index is 1.72. The quantitative estimate of drug-likeness (QED) is 0.848. The van der Waals surface area contributed by atoms with Gasteiger partial charge in [-0.05, 0) is 18.2 Å². The van der Waals surface area contributed by atoms with Crippen molar-refractivity contribution in [3.05, 3.63) is 47.9 Å². The summed E-state index contributed by atoms with van der Waals surface area (Å²) in [5.74, 6) is -1.01. The molecule has 3 rings (SSSR count). The van der Waals surface area contributed by atoms with Crippen molar-refractivity contribution in [2.45, 2.75) is 11.4 Å². The predicted molar refractivity (Wildman–Crippen MR) is 85.4 cm³/mol. The van der Waals surface area contributed by atoms with Crippen molar-refractivity contribution in [3.63, 3.8) is 0 Å². The molecule has 25 heavy (non-hydrogen) atoms. The first-order chi connectivity index (χ1) is 11.9. The van der Waals surface area contributed by atoms with E-state index in [9.17, 15) is 17.2 Å². The molecule has 0 amide bonds. The Morgan fingerprint density at radius 2 is 1.84 bits per heavy atom. The van der Waals surface area contributed by atoms with Gasteiger partial charge < -0.3 is 9.64 Å². The van der Waals surface area contributed by atoms with Crippen LogP contribution in [-0.4, -0.2) is 44.7 Å². The largest absolute Gasteiger partial charge is 0.378 e. The molecule has 0 bridgehead atoms. The minimum Gasteiger partial charge on any atom is -0.378 e. The predicted octanol–water partition coefficient (Wildman–Crippen LogP) is 1.07. The Morgan fingerprint density at radius 3 is 2.52 bits per heavy atom. The van der Waals surface area contributed by atoms with E-state index in [4.69, 9.17) is 4.74 Å². The van der Waals surface area contributed by atoms with E-state index in [0.29, 0.717) is 38.2 Å². The summed E-state index contributed by atoms with van der Waals surface area (Å²) in [6.07, 6.45) is 1.53. The number of aromatic nitrogens is 2. The Bertz CT molecular complexity index is 837. The molecule has 1 aromatic heterocycles. The van der Waals surface area contributed by atoms with Crippen molar-refractivity contribution in [2.24, 2.45) is 0 Å². The average Bonchev–Trinajstić information content (AvgIpc) is 2.60. The number of nitrogens with one attached hydrogen (secondary N) is 1. The Morgan fingerprint density at radius 1 is 1.16 bits per heavy atom. The first kappa shape index (κ1) is 17.6. The second-order valence-corrected chi connectivity index (χ2v) is 7.13. The molecular weight excluding hydrogens is 354 g/mol. The summed E-state index contributed by atoms with van der Waals surface area (Å²) in [6, 6.07) is 3.83. The second kappa shape index (κ2) is 7.38. The molecule has 10 heteroatoms. The molecule has 1 saturated heterocycles. The second-order valence-electron chi connectivity index (χ2n) is 5.36. The highest BCUT2D eigenvalue weighted by molar-refractivity contribution is 7.89. The summed E-state index contributed by atoms with van der Waals surface area (Å²) >= 11 is 0.